The van der Waals surface area contributed by atoms with E-state index in [9.17, 15) is 14.7 Å². The van der Waals surface area contributed by atoms with E-state index in [0.717, 1.165) is 11.4 Å². The summed E-state index contributed by atoms with van der Waals surface area (Å²) in [5, 5.41) is 9.82. The Labute approximate surface area is 158 Å². The van der Waals surface area contributed by atoms with Crippen molar-refractivity contribution in [3.05, 3.63) is 46.8 Å². The van der Waals surface area contributed by atoms with E-state index in [1.165, 1.54) is 25.3 Å². The van der Waals surface area contributed by atoms with Crippen molar-refractivity contribution in [2.24, 2.45) is 0 Å². The number of rotatable bonds is 8. The van der Waals surface area contributed by atoms with Crippen molar-refractivity contribution in [1.82, 2.24) is 4.57 Å². The van der Waals surface area contributed by atoms with E-state index in [4.69, 9.17) is 14.2 Å². The molecule has 0 amide bonds. The van der Waals surface area contributed by atoms with Gasteiger partial charge >= 0.3 is 5.97 Å². The summed E-state index contributed by atoms with van der Waals surface area (Å²) >= 11 is 0. The molecule has 0 bridgehead atoms. The van der Waals surface area contributed by atoms with Crippen molar-refractivity contribution < 1.29 is 28.9 Å². The molecule has 2 aromatic rings. The first-order valence-corrected chi connectivity index (χ1v) is 8.54. The molecule has 0 aliphatic carbocycles. The molecule has 1 aromatic carbocycles. The number of benzene rings is 1. The molecule has 0 aliphatic heterocycles. The smallest absolute Gasteiger partial charge is 0.342 e. The fourth-order valence-electron chi connectivity index (χ4n) is 3.15. The van der Waals surface area contributed by atoms with Gasteiger partial charge < -0.3 is 23.9 Å². The van der Waals surface area contributed by atoms with Gasteiger partial charge in [0.05, 0.1) is 19.8 Å². The van der Waals surface area contributed by atoms with Crippen molar-refractivity contribution in [3.63, 3.8) is 0 Å². The first-order chi connectivity index (χ1) is 12.8. The van der Waals surface area contributed by atoms with Crippen LogP contribution < -0.4 is 4.74 Å². The van der Waals surface area contributed by atoms with Crippen molar-refractivity contribution >= 4 is 11.8 Å². The average molecular weight is 375 g/mol. The number of methoxy groups -OCH3 is 2. The minimum Gasteiger partial charge on any atom is -0.507 e. The van der Waals surface area contributed by atoms with Gasteiger partial charge in [-0.15, -0.1) is 0 Å². The summed E-state index contributed by atoms with van der Waals surface area (Å²) in [7, 11) is 3.08. The highest BCUT2D eigenvalue weighted by Gasteiger charge is 2.21. The van der Waals surface area contributed by atoms with E-state index in [-0.39, 0.29) is 23.1 Å². The Hall–Kier alpha value is -2.80. The minimum absolute atomic E-state index is 0.0543. The number of Topliss-reactive ketones (excluding diaryl/α,β-unsaturated/α-hetero) is 1. The van der Waals surface area contributed by atoms with Crippen LogP contribution >= 0.6 is 0 Å². The number of aryl methyl sites for hydroxylation is 1. The van der Waals surface area contributed by atoms with E-state index in [2.05, 4.69) is 0 Å². The fraction of sp³-hybridized carbons (Fsp3) is 0.400. The van der Waals surface area contributed by atoms with Gasteiger partial charge in [0.15, 0.2) is 6.61 Å². The molecule has 7 nitrogen and oxygen atoms in total. The van der Waals surface area contributed by atoms with Gasteiger partial charge in [0.2, 0.25) is 5.78 Å². The summed E-state index contributed by atoms with van der Waals surface area (Å²) in [5.74, 6) is -0.933. The van der Waals surface area contributed by atoms with Crippen LogP contribution in [0.1, 0.15) is 45.1 Å². The molecular weight excluding hydrogens is 350 g/mol. The SMILES string of the molecule is COC[C@@H](C)n1c(C)cc(C(=O)COC(=O)c2cc(OC)ccc2O)c1C. The molecule has 0 fully saturated rings. The topological polar surface area (TPSA) is 87.0 Å². The quantitative estimate of drug-likeness (QED) is 0.564. The van der Waals surface area contributed by atoms with E-state index in [1.807, 2.05) is 25.3 Å². The maximum Gasteiger partial charge on any atom is 0.342 e. The molecule has 1 aromatic heterocycles. The number of carbonyl (C=O) groups is 2. The first kappa shape index (κ1) is 20.5. The highest BCUT2D eigenvalue weighted by molar-refractivity contribution is 6.01. The molecule has 1 N–H and O–H groups in total. The van der Waals surface area contributed by atoms with Crippen LogP contribution in [0.4, 0.5) is 0 Å². The van der Waals surface area contributed by atoms with Gasteiger partial charge in [-0.2, -0.15) is 0 Å². The van der Waals surface area contributed by atoms with Crippen LogP contribution in [0, 0.1) is 13.8 Å². The van der Waals surface area contributed by atoms with Crippen molar-refractivity contribution in [2.75, 3.05) is 27.4 Å². The van der Waals surface area contributed by atoms with Gasteiger partial charge in [0, 0.05) is 24.1 Å². The van der Waals surface area contributed by atoms with Gasteiger partial charge in [-0.3, -0.25) is 4.79 Å². The van der Waals surface area contributed by atoms with Crippen LogP contribution in [-0.4, -0.2) is 48.9 Å². The molecule has 0 saturated heterocycles. The van der Waals surface area contributed by atoms with Crippen LogP contribution in [-0.2, 0) is 9.47 Å². The van der Waals surface area contributed by atoms with Crippen LogP contribution in [0.2, 0.25) is 0 Å². The average Bonchev–Trinajstić information content (AvgIpc) is 2.94. The third kappa shape index (κ3) is 4.49. The second-order valence-electron chi connectivity index (χ2n) is 6.34. The standard InChI is InChI=1S/C20H25NO6/c1-12-8-16(14(3)21(12)13(2)10-25-4)19(23)11-27-20(24)17-9-15(26-5)6-7-18(17)22/h6-9,13,22H,10-11H2,1-5H3/t13-/m1/s1. The van der Waals surface area contributed by atoms with Crippen LogP contribution in [0.5, 0.6) is 11.5 Å². The molecule has 0 radical (unpaired) electrons. The number of phenolic OH excluding ortho intramolecular Hbond substituents is 1. The minimum atomic E-state index is -0.790. The lowest BCUT2D eigenvalue weighted by Crippen LogP contribution is -2.17. The lowest BCUT2D eigenvalue weighted by molar-refractivity contribution is 0.0471. The van der Waals surface area contributed by atoms with Crippen LogP contribution in [0.3, 0.4) is 0 Å². The monoisotopic (exact) mass is 375 g/mol. The second kappa shape index (κ2) is 8.73. The molecule has 27 heavy (non-hydrogen) atoms. The number of esters is 1. The Bertz CT molecular complexity index is 839. The highest BCUT2D eigenvalue weighted by atomic mass is 16.5. The number of nitrogens with zero attached hydrogens (tertiary/aromatic N) is 1. The molecule has 7 heteroatoms. The molecule has 2 rings (SSSR count). The Morgan fingerprint density at radius 1 is 1.15 bits per heavy atom. The number of carbonyl (C=O) groups excluding carboxylic acids is 2. The van der Waals surface area contributed by atoms with E-state index < -0.39 is 12.6 Å². The van der Waals surface area contributed by atoms with Gasteiger partial charge in [0.1, 0.15) is 17.1 Å². The van der Waals surface area contributed by atoms with Gasteiger partial charge in [-0.25, -0.2) is 4.79 Å². The normalized spacial score (nSPS) is 11.9. The van der Waals surface area contributed by atoms with Crippen molar-refractivity contribution in [1.29, 1.82) is 0 Å². The largest absolute Gasteiger partial charge is 0.507 e. The molecule has 146 valence electrons. The van der Waals surface area contributed by atoms with Gasteiger partial charge in [0.25, 0.3) is 0 Å². The zero-order valence-corrected chi connectivity index (χ0v) is 16.2. The zero-order valence-electron chi connectivity index (χ0n) is 16.2. The Kier molecular flexibility index (Phi) is 6.63. The zero-order chi connectivity index (χ0) is 20.1. The number of ketones is 1. The van der Waals surface area contributed by atoms with Gasteiger partial charge in [-0.05, 0) is 45.0 Å². The van der Waals surface area contributed by atoms with E-state index in [0.29, 0.717) is 17.9 Å². The third-order valence-corrected chi connectivity index (χ3v) is 4.39. The molecule has 0 aliphatic rings. The van der Waals surface area contributed by atoms with E-state index in [1.54, 1.807) is 13.2 Å². The van der Waals surface area contributed by atoms with Crippen LogP contribution in [0.15, 0.2) is 24.3 Å². The number of phenols is 1. The molecular formula is C20H25NO6. The lowest BCUT2D eigenvalue weighted by atomic mass is 10.1. The summed E-state index contributed by atoms with van der Waals surface area (Å²) in [6.45, 7) is 5.87. The van der Waals surface area contributed by atoms with Crippen LogP contribution in [0.25, 0.3) is 0 Å². The predicted molar refractivity (Wildman–Crippen MR) is 99.8 cm³/mol. The maximum atomic E-state index is 12.5. The number of hydrogen-bond acceptors (Lipinski definition) is 6. The maximum absolute atomic E-state index is 12.5. The molecule has 0 unspecified atom stereocenters. The Morgan fingerprint density at radius 3 is 2.48 bits per heavy atom. The highest BCUT2D eigenvalue weighted by Crippen LogP contribution is 2.24. The number of aromatic hydroxyl groups is 1. The fourth-order valence-corrected chi connectivity index (χ4v) is 3.15. The Morgan fingerprint density at radius 2 is 1.85 bits per heavy atom. The number of hydrogen-bond donors (Lipinski definition) is 1. The lowest BCUT2D eigenvalue weighted by Gasteiger charge is -2.17. The molecule has 0 spiro atoms. The summed E-state index contributed by atoms with van der Waals surface area (Å²) < 4.78 is 17.3. The molecule has 1 atom stereocenters. The summed E-state index contributed by atoms with van der Waals surface area (Å²) in [5.41, 5.74) is 2.17. The Balaban J connectivity index is 2.12. The molecule has 1 heterocycles. The summed E-state index contributed by atoms with van der Waals surface area (Å²) in [6.07, 6.45) is 0. The van der Waals surface area contributed by atoms with Crippen molar-refractivity contribution in [3.8, 4) is 11.5 Å². The van der Waals surface area contributed by atoms with Crippen molar-refractivity contribution in [2.45, 2.75) is 26.8 Å². The number of aromatic nitrogens is 1. The second-order valence-corrected chi connectivity index (χ2v) is 6.34. The summed E-state index contributed by atoms with van der Waals surface area (Å²) in [6, 6.07) is 6.07. The van der Waals surface area contributed by atoms with E-state index >= 15 is 0 Å². The summed E-state index contributed by atoms with van der Waals surface area (Å²) in [4.78, 5) is 24.8. The molecule has 0 saturated carbocycles. The number of ether oxygens (including phenoxy) is 3. The first-order valence-electron chi connectivity index (χ1n) is 8.54. The predicted octanol–water partition coefficient (Wildman–Crippen LogP) is 3.07. The third-order valence-electron chi connectivity index (χ3n) is 4.39. The van der Waals surface area contributed by atoms with Gasteiger partial charge in [-0.1, -0.05) is 0 Å².